The van der Waals surface area contributed by atoms with Crippen LogP contribution >= 0.6 is 0 Å². The zero-order chi connectivity index (χ0) is 14.2. The van der Waals surface area contributed by atoms with Gasteiger partial charge in [0.15, 0.2) is 23.3 Å². The van der Waals surface area contributed by atoms with E-state index >= 15 is 0 Å². The van der Waals surface area contributed by atoms with Crippen molar-refractivity contribution in [2.24, 2.45) is 0 Å². The van der Waals surface area contributed by atoms with E-state index in [2.05, 4.69) is 5.32 Å². The number of rotatable bonds is 2. The summed E-state index contributed by atoms with van der Waals surface area (Å²) >= 11 is 0. The van der Waals surface area contributed by atoms with Crippen molar-refractivity contribution in [3.8, 4) is 0 Å². The minimum absolute atomic E-state index is 0.778. The molecule has 0 aromatic heterocycles. The van der Waals surface area contributed by atoms with Crippen LogP contribution in [0.5, 0.6) is 0 Å². The molecule has 18 heavy (non-hydrogen) atoms. The molecule has 7 heteroatoms. The van der Waals surface area contributed by atoms with Gasteiger partial charge in [0.1, 0.15) is 6.23 Å². The second-order valence-electron chi connectivity index (χ2n) is 4.78. The summed E-state index contributed by atoms with van der Waals surface area (Å²) in [6, 6.07) is 0. The molecule has 0 aliphatic carbocycles. The minimum atomic E-state index is -2.25. The third-order valence-corrected chi connectivity index (χ3v) is 2.09. The molecular formula is C11H12F5NO. The Labute approximate surface area is 100 Å². The van der Waals surface area contributed by atoms with E-state index in [9.17, 15) is 27.1 Å². The van der Waals surface area contributed by atoms with Crippen LogP contribution in [0.2, 0.25) is 0 Å². The van der Waals surface area contributed by atoms with E-state index in [-0.39, 0.29) is 0 Å². The van der Waals surface area contributed by atoms with E-state index in [4.69, 9.17) is 0 Å². The van der Waals surface area contributed by atoms with Crippen molar-refractivity contribution in [1.29, 1.82) is 0 Å². The molecule has 102 valence electrons. The van der Waals surface area contributed by atoms with Crippen LogP contribution in [-0.2, 0) is 0 Å². The van der Waals surface area contributed by atoms with Crippen molar-refractivity contribution in [3.63, 3.8) is 0 Å². The quantitative estimate of drug-likeness (QED) is 0.374. The van der Waals surface area contributed by atoms with Crippen LogP contribution < -0.4 is 5.32 Å². The summed E-state index contributed by atoms with van der Waals surface area (Å²) in [7, 11) is 0. The van der Waals surface area contributed by atoms with Crippen molar-refractivity contribution in [1.82, 2.24) is 5.32 Å². The fourth-order valence-electron chi connectivity index (χ4n) is 1.34. The first kappa shape index (κ1) is 14.8. The Balaban J connectivity index is 3.33. The molecule has 1 atom stereocenters. The summed E-state index contributed by atoms with van der Waals surface area (Å²) in [6.07, 6.45) is -2.00. The zero-order valence-electron chi connectivity index (χ0n) is 9.91. The number of nitrogens with one attached hydrogen (secondary N) is 1. The first-order chi connectivity index (χ1) is 8.06. The first-order valence-electron chi connectivity index (χ1n) is 5.03. The number of hydrogen-bond donors (Lipinski definition) is 2. The highest BCUT2D eigenvalue weighted by Gasteiger charge is 2.31. The van der Waals surface area contributed by atoms with Gasteiger partial charge >= 0.3 is 0 Å². The molecule has 0 bridgehead atoms. The topological polar surface area (TPSA) is 32.3 Å². The van der Waals surface area contributed by atoms with Crippen LogP contribution in [0.1, 0.15) is 32.6 Å². The number of aliphatic hydroxyl groups is 1. The van der Waals surface area contributed by atoms with Gasteiger partial charge in [-0.05, 0) is 20.8 Å². The smallest absolute Gasteiger partial charge is 0.200 e. The SMILES string of the molecule is CC(C)(C)NC(O)c1c(F)c(F)c(F)c(F)c1F. The van der Waals surface area contributed by atoms with Gasteiger partial charge < -0.3 is 5.11 Å². The molecule has 2 nitrogen and oxygen atoms in total. The molecule has 0 aliphatic heterocycles. The van der Waals surface area contributed by atoms with Gasteiger partial charge in [-0.25, -0.2) is 22.0 Å². The minimum Gasteiger partial charge on any atom is -0.374 e. The molecule has 0 aliphatic rings. The summed E-state index contributed by atoms with van der Waals surface area (Å²) in [4.78, 5) is 0. The average Bonchev–Trinajstić information content (AvgIpc) is 2.21. The van der Waals surface area contributed by atoms with Gasteiger partial charge in [-0.2, -0.15) is 0 Å². The second-order valence-corrected chi connectivity index (χ2v) is 4.78. The van der Waals surface area contributed by atoms with Gasteiger partial charge in [0.25, 0.3) is 0 Å². The van der Waals surface area contributed by atoms with E-state index in [1.165, 1.54) is 0 Å². The molecule has 0 amide bonds. The summed E-state index contributed by atoms with van der Waals surface area (Å²) in [5.41, 5.74) is -2.07. The van der Waals surface area contributed by atoms with Gasteiger partial charge in [0, 0.05) is 5.54 Å². The number of aliphatic hydroxyl groups excluding tert-OH is 1. The van der Waals surface area contributed by atoms with Gasteiger partial charge in [-0.15, -0.1) is 0 Å². The van der Waals surface area contributed by atoms with Gasteiger partial charge in [0.05, 0.1) is 5.56 Å². The maximum absolute atomic E-state index is 13.3. The molecule has 1 rings (SSSR count). The monoisotopic (exact) mass is 269 g/mol. The van der Waals surface area contributed by atoms with Crippen molar-refractivity contribution in [3.05, 3.63) is 34.6 Å². The Bertz CT molecular complexity index is 440. The van der Waals surface area contributed by atoms with E-state index in [0.717, 1.165) is 0 Å². The third-order valence-electron chi connectivity index (χ3n) is 2.09. The zero-order valence-corrected chi connectivity index (χ0v) is 9.91. The van der Waals surface area contributed by atoms with Crippen LogP contribution in [0.15, 0.2) is 0 Å². The summed E-state index contributed by atoms with van der Waals surface area (Å²) in [6.45, 7) is 4.67. The predicted molar refractivity (Wildman–Crippen MR) is 54.1 cm³/mol. The Morgan fingerprint density at radius 2 is 1.17 bits per heavy atom. The lowest BCUT2D eigenvalue weighted by molar-refractivity contribution is 0.0967. The van der Waals surface area contributed by atoms with Crippen LogP contribution in [0.3, 0.4) is 0 Å². The normalized spacial score (nSPS) is 13.8. The van der Waals surface area contributed by atoms with Crippen LogP contribution in [-0.4, -0.2) is 10.6 Å². The Morgan fingerprint density at radius 3 is 1.50 bits per heavy atom. The number of hydrogen-bond acceptors (Lipinski definition) is 2. The summed E-state index contributed by atoms with van der Waals surface area (Å²) < 4.78 is 65.2. The lowest BCUT2D eigenvalue weighted by atomic mass is 10.1. The molecule has 0 spiro atoms. The van der Waals surface area contributed by atoms with Gasteiger partial charge in [-0.1, -0.05) is 0 Å². The van der Waals surface area contributed by atoms with Crippen molar-refractivity contribution in [2.75, 3.05) is 0 Å². The summed E-state index contributed by atoms with van der Waals surface area (Å²) in [5.74, 6) is -10.5. The van der Waals surface area contributed by atoms with Crippen LogP contribution in [0.25, 0.3) is 0 Å². The molecule has 1 aromatic carbocycles. The first-order valence-corrected chi connectivity index (χ1v) is 5.03. The fourth-order valence-corrected chi connectivity index (χ4v) is 1.34. The van der Waals surface area contributed by atoms with E-state index in [1.807, 2.05) is 0 Å². The number of benzene rings is 1. The molecule has 0 fully saturated rings. The lowest BCUT2D eigenvalue weighted by Gasteiger charge is -2.25. The Hall–Kier alpha value is -1.21. The molecule has 0 radical (unpaired) electrons. The van der Waals surface area contributed by atoms with Crippen LogP contribution in [0.4, 0.5) is 22.0 Å². The Morgan fingerprint density at radius 1 is 0.833 bits per heavy atom. The maximum Gasteiger partial charge on any atom is 0.200 e. The summed E-state index contributed by atoms with van der Waals surface area (Å²) in [5, 5.41) is 11.8. The van der Waals surface area contributed by atoms with E-state index in [0.29, 0.717) is 0 Å². The molecule has 0 saturated heterocycles. The molecule has 1 aromatic rings. The highest BCUT2D eigenvalue weighted by Crippen LogP contribution is 2.27. The van der Waals surface area contributed by atoms with Crippen molar-refractivity contribution < 1.29 is 27.1 Å². The van der Waals surface area contributed by atoms with Gasteiger partial charge in [-0.3, -0.25) is 5.32 Å². The van der Waals surface area contributed by atoms with Crippen molar-refractivity contribution in [2.45, 2.75) is 32.5 Å². The highest BCUT2D eigenvalue weighted by molar-refractivity contribution is 5.25. The fraction of sp³-hybridized carbons (Fsp3) is 0.455. The molecule has 1 unspecified atom stereocenters. The molecule has 2 N–H and O–H groups in total. The Kier molecular flexibility index (Phi) is 3.97. The van der Waals surface area contributed by atoms with E-state index in [1.54, 1.807) is 20.8 Å². The highest BCUT2D eigenvalue weighted by atomic mass is 19.2. The molecule has 0 heterocycles. The second kappa shape index (κ2) is 4.81. The lowest BCUT2D eigenvalue weighted by Crippen LogP contribution is -2.39. The maximum atomic E-state index is 13.3. The van der Waals surface area contributed by atoms with Crippen molar-refractivity contribution >= 4 is 0 Å². The number of halogens is 5. The molecule has 0 saturated carbocycles. The third kappa shape index (κ3) is 2.78. The van der Waals surface area contributed by atoms with Gasteiger partial charge in [0.2, 0.25) is 5.82 Å². The van der Waals surface area contributed by atoms with Crippen LogP contribution in [0, 0.1) is 29.1 Å². The average molecular weight is 269 g/mol. The largest absolute Gasteiger partial charge is 0.374 e. The standard InChI is InChI=1S/C11H12F5NO/c1-11(2,3)17-10(18)4-5(12)7(14)9(16)8(15)6(4)13/h10,17-18H,1-3H3. The predicted octanol–water partition coefficient (Wildman–Crippen LogP) is 2.76. The van der Waals surface area contributed by atoms with E-state index < -0.39 is 46.4 Å². The molecular weight excluding hydrogens is 257 g/mol.